The summed E-state index contributed by atoms with van der Waals surface area (Å²) in [7, 11) is 0. The van der Waals surface area contributed by atoms with E-state index in [2.05, 4.69) is 10.3 Å². The zero-order valence-electron chi connectivity index (χ0n) is 15.8. The fourth-order valence-corrected chi connectivity index (χ4v) is 2.84. The van der Waals surface area contributed by atoms with Gasteiger partial charge in [0.2, 0.25) is 0 Å². The number of carbonyl (C=O) groups is 2. The maximum atomic E-state index is 12.9. The fraction of sp³-hybridized carbons (Fsp3) is 0.174. The quantitative estimate of drug-likeness (QED) is 0.687. The highest BCUT2D eigenvalue weighted by Crippen LogP contribution is 2.10. The molecular formula is C23H23N3O2. The average molecular weight is 373 g/mol. The summed E-state index contributed by atoms with van der Waals surface area (Å²) in [6, 6.07) is 24.4. The van der Waals surface area contributed by atoms with Crippen molar-refractivity contribution in [1.82, 2.24) is 15.2 Å². The smallest absolute Gasteiger partial charge is 0.272 e. The predicted molar refractivity (Wildman–Crippen MR) is 109 cm³/mol. The summed E-state index contributed by atoms with van der Waals surface area (Å²) >= 11 is 0. The van der Waals surface area contributed by atoms with Crippen molar-refractivity contribution in [2.24, 2.45) is 0 Å². The number of amides is 2. The highest BCUT2D eigenvalue weighted by Gasteiger charge is 2.18. The maximum Gasteiger partial charge on any atom is 0.272 e. The molecule has 0 spiro atoms. The first-order chi connectivity index (χ1) is 13.7. The van der Waals surface area contributed by atoms with Crippen molar-refractivity contribution in [2.45, 2.75) is 20.0 Å². The molecular weight excluding hydrogens is 350 g/mol. The van der Waals surface area contributed by atoms with Gasteiger partial charge in [0.1, 0.15) is 11.4 Å². The SMILES string of the molecule is CCN(Cc1ccccc1)C(=O)c1cccc(C(=O)NCc2ccccc2)n1. The molecule has 0 unspecified atom stereocenters. The molecule has 0 fully saturated rings. The topological polar surface area (TPSA) is 62.3 Å². The second-order valence-corrected chi connectivity index (χ2v) is 6.38. The molecule has 142 valence electrons. The van der Waals surface area contributed by atoms with Crippen LogP contribution in [0.25, 0.3) is 0 Å². The van der Waals surface area contributed by atoms with Crippen molar-refractivity contribution in [3.63, 3.8) is 0 Å². The minimum atomic E-state index is -0.301. The Bertz CT molecular complexity index is 927. The molecule has 0 radical (unpaired) electrons. The number of pyridine rings is 1. The van der Waals surface area contributed by atoms with Gasteiger partial charge in [-0.25, -0.2) is 4.98 Å². The van der Waals surface area contributed by atoms with Crippen molar-refractivity contribution in [3.8, 4) is 0 Å². The molecule has 0 bridgehead atoms. The van der Waals surface area contributed by atoms with Crippen molar-refractivity contribution >= 4 is 11.8 Å². The van der Waals surface area contributed by atoms with E-state index in [9.17, 15) is 9.59 Å². The van der Waals surface area contributed by atoms with Crippen LogP contribution >= 0.6 is 0 Å². The van der Waals surface area contributed by atoms with Gasteiger partial charge in [0, 0.05) is 19.6 Å². The average Bonchev–Trinajstić information content (AvgIpc) is 2.77. The molecule has 28 heavy (non-hydrogen) atoms. The number of hydrogen-bond acceptors (Lipinski definition) is 3. The zero-order valence-corrected chi connectivity index (χ0v) is 15.8. The van der Waals surface area contributed by atoms with Gasteiger partial charge in [0.05, 0.1) is 0 Å². The molecule has 0 aliphatic carbocycles. The lowest BCUT2D eigenvalue weighted by Crippen LogP contribution is -2.32. The first-order valence-corrected chi connectivity index (χ1v) is 9.29. The van der Waals surface area contributed by atoms with Crippen LogP contribution in [0.2, 0.25) is 0 Å². The minimum absolute atomic E-state index is 0.191. The van der Waals surface area contributed by atoms with Crippen molar-refractivity contribution in [3.05, 3.63) is 101 Å². The van der Waals surface area contributed by atoms with E-state index in [1.807, 2.05) is 67.6 Å². The first kappa shape index (κ1) is 19.3. The highest BCUT2D eigenvalue weighted by atomic mass is 16.2. The Hall–Kier alpha value is -3.47. The molecule has 5 heteroatoms. The third kappa shape index (κ3) is 5.04. The molecule has 5 nitrogen and oxygen atoms in total. The third-order valence-corrected chi connectivity index (χ3v) is 4.38. The van der Waals surface area contributed by atoms with Crippen LogP contribution < -0.4 is 5.32 Å². The van der Waals surface area contributed by atoms with Crippen molar-refractivity contribution < 1.29 is 9.59 Å². The number of carbonyl (C=O) groups excluding carboxylic acids is 2. The lowest BCUT2D eigenvalue weighted by Gasteiger charge is -2.20. The zero-order chi connectivity index (χ0) is 19.8. The Balaban J connectivity index is 1.68. The molecule has 1 heterocycles. The van der Waals surface area contributed by atoms with Crippen LogP contribution in [-0.4, -0.2) is 28.2 Å². The largest absolute Gasteiger partial charge is 0.347 e. The normalized spacial score (nSPS) is 10.3. The van der Waals surface area contributed by atoms with E-state index in [-0.39, 0.29) is 23.2 Å². The predicted octanol–water partition coefficient (Wildman–Crippen LogP) is 3.67. The van der Waals surface area contributed by atoms with E-state index in [0.717, 1.165) is 11.1 Å². The number of rotatable bonds is 7. The summed E-state index contributed by atoms with van der Waals surface area (Å²) < 4.78 is 0. The van der Waals surface area contributed by atoms with Gasteiger partial charge in [-0.2, -0.15) is 0 Å². The third-order valence-electron chi connectivity index (χ3n) is 4.38. The molecule has 1 aromatic heterocycles. The molecule has 3 aromatic rings. The van der Waals surface area contributed by atoms with Crippen molar-refractivity contribution in [1.29, 1.82) is 0 Å². The van der Waals surface area contributed by atoms with Crippen LogP contribution in [-0.2, 0) is 13.1 Å². The van der Waals surface area contributed by atoms with Crippen LogP contribution in [0.1, 0.15) is 39.0 Å². The monoisotopic (exact) mass is 373 g/mol. The minimum Gasteiger partial charge on any atom is -0.347 e. The summed E-state index contributed by atoms with van der Waals surface area (Å²) in [6.07, 6.45) is 0. The lowest BCUT2D eigenvalue weighted by atomic mass is 10.2. The van der Waals surface area contributed by atoms with E-state index in [4.69, 9.17) is 0 Å². The van der Waals surface area contributed by atoms with Gasteiger partial charge in [-0.3, -0.25) is 9.59 Å². The molecule has 0 saturated carbocycles. The van der Waals surface area contributed by atoms with Crippen molar-refractivity contribution in [2.75, 3.05) is 6.54 Å². The van der Waals surface area contributed by atoms with Crippen LogP contribution in [0.5, 0.6) is 0 Å². The summed E-state index contributed by atoms with van der Waals surface area (Å²) in [6.45, 7) is 3.40. The maximum absolute atomic E-state index is 12.9. The van der Waals surface area contributed by atoms with Gasteiger partial charge in [0.15, 0.2) is 0 Å². The van der Waals surface area contributed by atoms with E-state index >= 15 is 0 Å². The molecule has 2 amide bonds. The standard InChI is InChI=1S/C23H23N3O2/c1-2-26(17-19-12-7-4-8-13-19)23(28)21-15-9-14-20(25-21)22(27)24-16-18-10-5-3-6-11-18/h3-15H,2,16-17H2,1H3,(H,24,27). The van der Waals surface area contributed by atoms with Gasteiger partial charge in [-0.05, 0) is 30.2 Å². The number of nitrogens with zero attached hydrogens (tertiary/aromatic N) is 2. The van der Waals surface area contributed by atoms with Gasteiger partial charge in [0.25, 0.3) is 11.8 Å². The number of aromatic nitrogens is 1. The molecule has 0 atom stereocenters. The van der Waals surface area contributed by atoms with Crippen LogP contribution in [0.4, 0.5) is 0 Å². The number of hydrogen-bond donors (Lipinski definition) is 1. The molecule has 3 rings (SSSR count). The van der Waals surface area contributed by atoms with E-state index in [1.165, 1.54) is 0 Å². The molecule has 0 aliphatic heterocycles. The van der Waals surface area contributed by atoms with Gasteiger partial charge < -0.3 is 10.2 Å². The second kappa shape index (κ2) is 9.46. The Morgan fingerprint density at radius 3 is 2.07 bits per heavy atom. The van der Waals surface area contributed by atoms with E-state index in [1.54, 1.807) is 23.1 Å². The Morgan fingerprint density at radius 2 is 1.43 bits per heavy atom. The molecule has 0 saturated heterocycles. The summed E-state index contributed by atoms with van der Waals surface area (Å²) in [4.78, 5) is 31.3. The number of nitrogens with one attached hydrogen (secondary N) is 1. The van der Waals surface area contributed by atoms with Gasteiger partial charge in [-0.15, -0.1) is 0 Å². The summed E-state index contributed by atoms with van der Waals surface area (Å²) in [5.41, 5.74) is 2.56. The molecule has 0 aliphatic rings. The van der Waals surface area contributed by atoms with Crippen LogP contribution in [0.15, 0.2) is 78.9 Å². The number of benzene rings is 2. The molecule has 1 N–H and O–H groups in total. The summed E-state index contributed by atoms with van der Waals surface area (Å²) in [5, 5.41) is 2.84. The van der Waals surface area contributed by atoms with Crippen LogP contribution in [0, 0.1) is 0 Å². The van der Waals surface area contributed by atoms with Gasteiger partial charge >= 0.3 is 0 Å². The Morgan fingerprint density at radius 1 is 0.821 bits per heavy atom. The van der Waals surface area contributed by atoms with Gasteiger partial charge in [-0.1, -0.05) is 66.7 Å². The first-order valence-electron chi connectivity index (χ1n) is 9.29. The Labute approximate surface area is 165 Å². The van der Waals surface area contributed by atoms with Crippen LogP contribution in [0.3, 0.4) is 0 Å². The second-order valence-electron chi connectivity index (χ2n) is 6.38. The fourth-order valence-electron chi connectivity index (χ4n) is 2.84. The highest BCUT2D eigenvalue weighted by molar-refractivity contribution is 5.96. The Kier molecular flexibility index (Phi) is 6.52. The summed E-state index contributed by atoms with van der Waals surface area (Å²) in [5.74, 6) is -0.492. The lowest BCUT2D eigenvalue weighted by molar-refractivity contribution is 0.0746. The molecule has 2 aromatic carbocycles. The van der Waals surface area contributed by atoms with E-state index < -0.39 is 0 Å². The van der Waals surface area contributed by atoms with E-state index in [0.29, 0.717) is 19.6 Å².